The average Bonchev–Trinajstić information content (AvgIpc) is 2.72. The van der Waals surface area contributed by atoms with E-state index in [0.717, 1.165) is 19.4 Å². The Hall–Kier alpha value is -3.03. The molecule has 3 rings (SSSR count). The highest BCUT2D eigenvalue weighted by molar-refractivity contribution is 6.01. The molecule has 1 saturated heterocycles. The lowest BCUT2D eigenvalue weighted by Crippen LogP contribution is -2.39. The number of rotatable bonds is 6. The minimum atomic E-state index is -0.164. The van der Waals surface area contributed by atoms with Crippen molar-refractivity contribution in [3.63, 3.8) is 0 Å². The molecule has 8 nitrogen and oxygen atoms in total. The Morgan fingerprint density at radius 3 is 2.67 bits per heavy atom. The zero-order chi connectivity index (χ0) is 19.4. The third kappa shape index (κ3) is 4.05. The van der Waals surface area contributed by atoms with Crippen molar-refractivity contribution in [2.75, 3.05) is 45.1 Å². The van der Waals surface area contributed by atoms with E-state index in [0.29, 0.717) is 35.3 Å². The van der Waals surface area contributed by atoms with Crippen LogP contribution in [-0.4, -0.2) is 50.2 Å². The number of aromatic nitrogens is 2. The van der Waals surface area contributed by atoms with E-state index in [4.69, 9.17) is 19.9 Å². The number of nitrogens with two attached hydrogens (primary N) is 1. The van der Waals surface area contributed by atoms with Gasteiger partial charge in [-0.05, 0) is 25.0 Å². The molecule has 0 amide bonds. The zero-order valence-electron chi connectivity index (χ0n) is 15.8. The smallest absolute Gasteiger partial charge is 0.225 e. The summed E-state index contributed by atoms with van der Waals surface area (Å²) in [5, 5.41) is 0. The molecule has 144 valence electrons. The van der Waals surface area contributed by atoms with Crippen molar-refractivity contribution in [2.45, 2.75) is 12.8 Å². The summed E-state index contributed by atoms with van der Waals surface area (Å²) >= 11 is 0. The summed E-state index contributed by atoms with van der Waals surface area (Å²) < 4.78 is 15.8. The Labute approximate surface area is 158 Å². The molecule has 1 atom stereocenters. The van der Waals surface area contributed by atoms with E-state index >= 15 is 0 Å². The summed E-state index contributed by atoms with van der Waals surface area (Å²) in [5.74, 6) is 2.27. The van der Waals surface area contributed by atoms with Crippen LogP contribution < -0.4 is 24.8 Å². The minimum Gasteiger partial charge on any atom is -0.497 e. The molecule has 2 aromatic rings. The van der Waals surface area contributed by atoms with Crippen molar-refractivity contribution in [1.82, 2.24) is 9.97 Å². The van der Waals surface area contributed by atoms with Gasteiger partial charge in [0.05, 0.1) is 26.9 Å². The van der Waals surface area contributed by atoms with E-state index in [1.807, 2.05) is 4.90 Å². The Bertz CT molecular complexity index is 827. The van der Waals surface area contributed by atoms with Crippen molar-refractivity contribution >= 4 is 17.5 Å². The number of piperidine rings is 1. The molecule has 2 N–H and O–H groups in total. The molecule has 0 spiro atoms. The molecule has 0 aliphatic carbocycles. The van der Waals surface area contributed by atoms with Crippen LogP contribution in [0.1, 0.15) is 23.2 Å². The van der Waals surface area contributed by atoms with Crippen LogP contribution in [0, 0.1) is 5.92 Å². The third-order valence-corrected chi connectivity index (χ3v) is 4.71. The molecule has 1 unspecified atom stereocenters. The van der Waals surface area contributed by atoms with E-state index in [9.17, 15) is 4.79 Å². The first-order valence-corrected chi connectivity index (χ1v) is 8.75. The van der Waals surface area contributed by atoms with Gasteiger partial charge in [-0.3, -0.25) is 4.79 Å². The maximum absolute atomic E-state index is 13.1. The standard InChI is InChI=1S/C19H24N4O4/c1-25-13-6-7-14(15(9-13)26-2)18(24)12-5-4-8-23(11-12)16-10-17(27-3)22-19(20)21-16/h6-7,9-10,12H,4-5,8,11H2,1-3H3,(H2,20,21,22). The summed E-state index contributed by atoms with van der Waals surface area (Å²) in [5.41, 5.74) is 6.33. The Kier molecular flexibility index (Phi) is 5.63. The number of benzene rings is 1. The van der Waals surface area contributed by atoms with Gasteiger partial charge in [-0.15, -0.1) is 0 Å². The molecular weight excluding hydrogens is 348 g/mol. The average molecular weight is 372 g/mol. The molecular formula is C19H24N4O4. The summed E-state index contributed by atoms with van der Waals surface area (Å²) in [4.78, 5) is 23.5. The van der Waals surface area contributed by atoms with Crippen LogP contribution in [-0.2, 0) is 0 Å². The predicted molar refractivity (Wildman–Crippen MR) is 102 cm³/mol. The summed E-state index contributed by atoms with van der Waals surface area (Å²) in [6.45, 7) is 1.34. The summed E-state index contributed by atoms with van der Waals surface area (Å²) in [6, 6.07) is 6.98. The Morgan fingerprint density at radius 1 is 1.15 bits per heavy atom. The normalized spacial score (nSPS) is 16.7. The highest BCUT2D eigenvalue weighted by Crippen LogP contribution is 2.31. The number of anilines is 2. The molecule has 2 heterocycles. The van der Waals surface area contributed by atoms with Crippen LogP contribution in [0.3, 0.4) is 0 Å². The van der Waals surface area contributed by atoms with Gasteiger partial charge in [-0.25, -0.2) is 0 Å². The number of carbonyl (C=O) groups is 1. The molecule has 27 heavy (non-hydrogen) atoms. The van der Waals surface area contributed by atoms with Gasteiger partial charge in [0.15, 0.2) is 5.78 Å². The van der Waals surface area contributed by atoms with Crippen LogP contribution in [0.4, 0.5) is 11.8 Å². The SMILES string of the molecule is COc1ccc(C(=O)C2CCCN(c3cc(OC)nc(N)n3)C2)c(OC)c1. The van der Waals surface area contributed by atoms with Gasteiger partial charge in [-0.2, -0.15) is 9.97 Å². The predicted octanol–water partition coefficient (Wildman–Crippen LogP) is 2.18. The number of ketones is 1. The number of nitrogens with zero attached hydrogens (tertiary/aromatic N) is 3. The highest BCUT2D eigenvalue weighted by atomic mass is 16.5. The molecule has 0 radical (unpaired) electrons. The number of nitrogen functional groups attached to an aromatic ring is 1. The maximum Gasteiger partial charge on any atom is 0.225 e. The van der Waals surface area contributed by atoms with Gasteiger partial charge in [0.25, 0.3) is 0 Å². The third-order valence-electron chi connectivity index (χ3n) is 4.71. The first kappa shape index (κ1) is 18.8. The van der Waals surface area contributed by atoms with E-state index in [1.165, 1.54) is 7.11 Å². The van der Waals surface area contributed by atoms with Crippen LogP contribution in [0.15, 0.2) is 24.3 Å². The first-order chi connectivity index (χ1) is 13.0. The Morgan fingerprint density at radius 2 is 1.96 bits per heavy atom. The van der Waals surface area contributed by atoms with Crippen LogP contribution in [0.25, 0.3) is 0 Å². The molecule has 0 saturated carbocycles. The maximum atomic E-state index is 13.1. The van der Waals surface area contributed by atoms with Crippen molar-refractivity contribution in [3.05, 3.63) is 29.8 Å². The monoisotopic (exact) mass is 372 g/mol. The topological polar surface area (TPSA) is 99.8 Å². The van der Waals surface area contributed by atoms with Gasteiger partial charge in [0.1, 0.15) is 17.3 Å². The number of hydrogen-bond acceptors (Lipinski definition) is 8. The molecule has 1 aliphatic heterocycles. The summed E-state index contributed by atoms with van der Waals surface area (Å²) in [6.07, 6.45) is 1.68. The second kappa shape index (κ2) is 8.11. The number of hydrogen-bond donors (Lipinski definition) is 1. The first-order valence-electron chi connectivity index (χ1n) is 8.75. The molecule has 8 heteroatoms. The molecule has 1 aromatic carbocycles. The van der Waals surface area contributed by atoms with Gasteiger partial charge in [0.2, 0.25) is 11.8 Å². The number of carbonyl (C=O) groups excluding carboxylic acids is 1. The van der Waals surface area contributed by atoms with E-state index in [2.05, 4.69) is 9.97 Å². The molecule has 0 bridgehead atoms. The fourth-order valence-electron chi connectivity index (χ4n) is 3.32. The molecule has 1 aromatic heterocycles. The van der Waals surface area contributed by atoms with E-state index < -0.39 is 0 Å². The van der Waals surface area contributed by atoms with Gasteiger partial charge >= 0.3 is 0 Å². The van der Waals surface area contributed by atoms with Crippen molar-refractivity contribution < 1.29 is 19.0 Å². The van der Waals surface area contributed by atoms with E-state index in [-0.39, 0.29) is 17.6 Å². The van der Waals surface area contributed by atoms with Crippen LogP contribution in [0.5, 0.6) is 17.4 Å². The zero-order valence-corrected chi connectivity index (χ0v) is 15.8. The minimum absolute atomic E-state index is 0.0493. The van der Waals surface area contributed by atoms with E-state index in [1.54, 1.807) is 38.5 Å². The van der Waals surface area contributed by atoms with Crippen molar-refractivity contribution in [3.8, 4) is 17.4 Å². The fourth-order valence-corrected chi connectivity index (χ4v) is 3.32. The largest absolute Gasteiger partial charge is 0.497 e. The summed E-state index contributed by atoms with van der Waals surface area (Å²) in [7, 11) is 4.66. The number of Topliss-reactive ketones (excluding diaryl/α,β-unsaturated/α-hetero) is 1. The number of methoxy groups -OCH3 is 3. The Balaban J connectivity index is 1.82. The number of ether oxygens (including phenoxy) is 3. The molecule has 1 fully saturated rings. The van der Waals surface area contributed by atoms with Crippen LogP contribution >= 0.6 is 0 Å². The highest BCUT2D eigenvalue weighted by Gasteiger charge is 2.29. The lowest BCUT2D eigenvalue weighted by atomic mass is 9.89. The second-order valence-electron chi connectivity index (χ2n) is 6.34. The molecule has 1 aliphatic rings. The second-order valence-corrected chi connectivity index (χ2v) is 6.34. The van der Waals surface area contributed by atoms with Crippen LogP contribution in [0.2, 0.25) is 0 Å². The van der Waals surface area contributed by atoms with Gasteiger partial charge in [-0.1, -0.05) is 0 Å². The van der Waals surface area contributed by atoms with Crippen molar-refractivity contribution in [2.24, 2.45) is 5.92 Å². The lowest BCUT2D eigenvalue weighted by molar-refractivity contribution is 0.0904. The fraction of sp³-hybridized carbons (Fsp3) is 0.421. The quantitative estimate of drug-likeness (QED) is 0.770. The van der Waals surface area contributed by atoms with Gasteiger partial charge < -0.3 is 24.8 Å². The van der Waals surface area contributed by atoms with Gasteiger partial charge in [0, 0.05) is 31.1 Å². The van der Waals surface area contributed by atoms with Crippen molar-refractivity contribution in [1.29, 1.82) is 0 Å². The lowest BCUT2D eigenvalue weighted by Gasteiger charge is -2.33.